The minimum atomic E-state index is -0.366. The molecule has 0 spiro atoms. The zero-order valence-corrected chi connectivity index (χ0v) is 11.7. The van der Waals surface area contributed by atoms with E-state index in [1.807, 2.05) is 31.2 Å². The highest BCUT2D eigenvalue weighted by Crippen LogP contribution is 2.19. The summed E-state index contributed by atoms with van der Waals surface area (Å²) in [5.41, 5.74) is 0.952. The minimum absolute atomic E-state index is 0.366. The number of aliphatic hydroxyl groups is 1. The van der Waals surface area contributed by atoms with E-state index in [0.717, 1.165) is 37.4 Å². The summed E-state index contributed by atoms with van der Waals surface area (Å²) in [7, 11) is 0. The van der Waals surface area contributed by atoms with Crippen LogP contribution in [-0.2, 0) is 0 Å². The van der Waals surface area contributed by atoms with Crippen LogP contribution < -0.4 is 4.74 Å². The number of aliphatic hydroxyl groups excluding tert-OH is 1. The number of ether oxygens (including phenoxy) is 1. The van der Waals surface area contributed by atoms with Crippen molar-refractivity contribution in [3.05, 3.63) is 29.8 Å². The Morgan fingerprint density at radius 1 is 1.11 bits per heavy atom. The van der Waals surface area contributed by atoms with Gasteiger partial charge in [-0.05, 0) is 37.2 Å². The third-order valence-corrected chi connectivity index (χ3v) is 3.22. The summed E-state index contributed by atoms with van der Waals surface area (Å²) in [6.07, 6.45) is 0.372. The van der Waals surface area contributed by atoms with Gasteiger partial charge < -0.3 is 14.7 Å². The van der Waals surface area contributed by atoms with Gasteiger partial charge in [0.1, 0.15) is 12.4 Å². The van der Waals surface area contributed by atoms with Crippen molar-refractivity contribution >= 4 is 0 Å². The largest absolute Gasteiger partial charge is 0.492 e. The van der Waals surface area contributed by atoms with E-state index in [0.29, 0.717) is 6.61 Å². The topological polar surface area (TPSA) is 32.7 Å². The summed E-state index contributed by atoms with van der Waals surface area (Å²) in [5, 5.41) is 9.69. The third-order valence-electron chi connectivity index (χ3n) is 3.22. The molecule has 102 valence electrons. The third kappa shape index (κ3) is 4.67. The van der Waals surface area contributed by atoms with Crippen LogP contribution in [0.15, 0.2) is 24.3 Å². The molecule has 0 fully saturated rings. The van der Waals surface area contributed by atoms with Crippen LogP contribution in [0.4, 0.5) is 0 Å². The zero-order chi connectivity index (χ0) is 13.4. The average molecular weight is 251 g/mol. The first-order valence-corrected chi connectivity index (χ1v) is 6.84. The SMILES string of the molecule is CCC(O)c1ccc(OCCN(CC)CC)cc1. The Labute approximate surface area is 110 Å². The molecule has 0 heterocycles. The van der Waals surface area contributed by atoms with Gasteiger partial charge in [-0.3, -0.25) is 0 Å². The van der Waals surface area contributed by atoms with Crippen LogP contribution in [0.2, 0.25) is 0 Å². The van der Waals surface area contributed by atoms with Crippen molar-refractivity contribution in [1.29, 1.82) is 0 Å². The van der Waals surface area contributed by atoms with Gasteiger partial charge in [-0.25, -0.2) is 0 Å². The van der Waals surface area contributed by atoms with Gasteiger partial charge in [0.2, 0.25) is 0 Å². The molecule has 0 saturated heterocycles. The molecule has 0 saturated carbocycles. The van der Waals surface area contributed by atoms with E-state index < -0.39 is 0 Å². The van der Waals surface area contributed by atoms with Crippen LogP contribution in [-0.4, -0.2) is 36.2 Å². The Morgan fingerprint density at radius 3 is 2.22 bits per heavy atom. The number of benzene rings is 1. The Balaban J connectivity index is 2.39. The van der Waals surface area contributed by atoms with E-state index in [1.165, 1.54) is 0 Å². The quantitative estimate of drug-likeness (QED) is 0.771. The highest BCUT2D eigenvalue weighted by Gasteiger charge is 2.04. The van der Waals surface area contributed by atoms with Crippen molar-refractivity contribution in [2.24, 2.45) is 0 Å². The van der Waals surface area contributed by atoms with Gasteiger partial charge in [0.15, 0.2) is 0 Å². The molecular weight excluding hydrogens is 226 g/mol. The monoisotopic (exact) mass is 251 g/mol. The lowest BCUT2D eigenvalue weighted by molar-refractivity contribution is 0.173. The van der Waals surface area contributed by atoms with Gasteiger partial charge in [0.05, 0.1) is 6.10 Å². The number of likely N-dealkylation sites (N-methyl/N-ethyl adjacent to an activating group) is 1. The van der Waals surface area contributed by atoms with Crippen molar-refractivity contribution in [3.8, 4) is 5.75 Å². The van der Waals surface area contributed by atoms with E-state index in [9.17, 15) is 5.11 Å². The van der Waals surface area contributed by atoms with Gasteiger partial charge in [-0.2, -0.15) is 0 Å². The highest BCUT2D eigenvalue weighted by molar-refractivity contribution is 5.28. The summed E-state index contributed by atoms with van der Waals surface area (Å²) in [5.74, 6) is 0.870. The molecule has 0 aliphatic carbocycles. The maximum atomic E-state index is 9.69. The average Bonchev–Trinajstić information content (AvgIpc) is 2.43. The fourth-order valence-corrected chi connectivity index (χ4v) is 1.85. The predicted octanol–water partition coefficient (Wildman–Crippen LogP) is 2.85. The standard InChI is InChI=1S/C15H25NO2/c1-4-15(17)13-7-9-14(10-8-13)18-12-11-16(5-2)6-3/h7-10,15,17H,4-6,11-12H2,1-3H3. The van der Waals surface area contributed by atoms with Crippen LogP contribution in [0, 0.1) is 0 Å². The molecule has 0 bridgehead atoms. The highest BCUT2D eigenvalue weighted by atomic mass is 16.5. The minimum Gasteiger partial charge on any atom is -0.492 e. The molecule has 1 N–H and O–H groups in total. The predicted molar refractivity (Wildman–Crippen MR) is 75.0 cm³/mol. The van der Waals surface area contributed by atoms with Gasteiger partial charge in [0, 0.05) is 6.54 Å². The molecule has 1 atom stereocenters. The lowest BCUT2D eigenvalue weighted by Crippen LogP contribution is -2.27. The van der Waals surface area contributed by atoms with Crippen molar-refractivity contribution < 1.29 is 9.84 Å². The van der Waals surface area contributed by atoms with E-state index in [1.54, 1.807) is 0 Å². The molecule has 1 aromatic carbocycles. The molecular formula is C15H25NO2. The van der Waals surface area contributed by atoms with Crippen molar-refractivity contribution in [2.75, 3.05) is 26.2 Å². The zero-order valence-electron chi connectivity index (χ0n) is 11.7. The lowest BCUT2D eigenvalue weighted by atomic mass is 10.1. The van der Waals surface area contributed by atoms with Crippen LogP contribution in [0.5, 0.6) is 5.75 Å². The maximum Gasteiger partial charge on any atom is 0.119 e. The van der Waals surface area contributed by atoms with E-state index in [4.69, 9.17) is 4.74 Å². The molecule has 18 heavy (non-hydrogen) atoms. The van der Waals surface area contributed by atoms with Gasteiger partial charge >= 0.3 is 0 Å². The first-order valence-electron chi connectivity index (χ1n) is 6.84. The molecule has 1 rings (SSSR count). The molecule has 3 nitrogen and oxygen atoms in total. The molecule has 0 radical (unpaired) electrons. The van der Waals surface area contributed by atoms with Gasteiger partial charge in [-0.1, -0.05) is 32.9 Å². The fourth-order valence-electron chi connectivity index (χ4n) is 1.85. The summed E-state index contributed by atoms with van der Waals surface area (Å²) in [6.45, 7) is 10.1. The number of hydrogen-bond acceptors (Lipinski definition) is 3. The second-order valence-corrected chi connectivity index (χ2v) is 4.37. The Morgan fingerprint density at radius 2 is 1.72 bits per heavy atom. The van der Waals surface area contributed by atoms with Gasteiger partial charge in [-0.15, -0.1) is 0 Å². The van der Waals surface area contributed by atoms with Crippen molar-refractivity contribution in [1.82, 2.24) is 4.90 Å². The van der Waals surface area contributed by atoms with Crippen LogP contribution in [0.25, 0.3) is 0 Å². The molecule has 0 aliphatic heterocycles. The molecule has 0 amide bonds. The van der Waals surface area contributed by atoms with Crippen molar-refractivity contribution in [3.63, 3.8) is 0 Å². The van der Waals surface area contributed by atoms with Crippen LogP contribution in [0.3, 0.4) is 0 Å². The van der Waals surface area contributed by atoms with Crippen molar-refractivity contribution in [2.45, 2.75) is 33.3 Å². The summed E-state index contributed by atoms with van der Waals surface area (Å²) < 4.78 is 5.69. The summed E-state index contributed by atoms with van der Waals surface area (Å²) in [4.78, 5) is 2.33. The van der Waals surface area contributed by atoms with E-state index in [2.05, 4.69) is 18.7 Å². The smallest absolute Gasteiger partial charge is 0.119 e. The molecule has 0 aromatic heterocycles. The molecule has 0 aliphatic rings. The second kappa shape index (κ2) is 8.11. The number of nitrogens with zero attached hydrogens (tertiary/aromatic N) is 1. The number of rotatable bonds is 8. The molecule has 1 aromatic rings. The fraction of sp³-hybridized carbons (Fsp3) is 0.600. The molecule has 1 unspecified atom stereocenters. The lowest BCUT2D eigenvalue weighted by Gasteiger charge is -2.18. The Hall–Kier alpha value is -1.06. The van der Waals surface area contributed by atoms with E-state index >= 15 is 0 Å². The normalized spacial score (nSPS) is 12.7. The Bertz CT molecular complexity index is 320. The second-order valence-electron chi connectivity index (χ2n) is 4.37. The maximum absolute atomic E-state index is 9.69. The first kappa shape index (κ1) is 15.0. The van der Waals surface area contributed by atoms with Crippen LogP contribution in [0.1, 0.15) is 38.9 Å². The van der Waals surface area contributed by atoms with Crippen LogP contribution >= 0.6 is 0 Å². The van der Waals surface area contributed by atoms with Gasteiger partial charge in [0.25, 0.3) is 0 Å². The number of hydrogen-bond donors (Lipinski definition) is 1. The van der Waals surface area contributed by atoms with E-state index in [-0.39, 0.29) is 6.10 Å². The molecule has 3 heteroatoms. The summed E-state index contributed by atoms with van der Waals surface area (Å²) in [6, 6.07) is 7.72. The Kier molecular flexibility index (Phi) is 6.76. The first-order chi connectivity index (χ1) is 8.71. The summed E-state index contributed by atoms with van der Waals surface area (Å²) >= 11 is 0.